The van der Waals surface area contributed by atoms with Gasteiger partial charge in [-0.15, -0.1) is 11.3 Å². The van der Waals surface area contributed by atoms with Gasteiger partial charge in [0.15, 0.2) is 5.13 Å². The Labute approximate surface area is 131 Å². The molecular formula is C16H25N3OS. The molecular weight excluding hydrogens is 282 g/mol. The largest absolute Gasteiger partial charge is 0.372 e. The van der Waals surface area contributed by atoms with Crippen molar-refractivity contribution in [2.75, 3.05) is 37.7 Å². The lowest BCUT2D eigenvalue weighted by molar-refractivity contribution is -0.106. The third-order valence-electron chi connectivity index (χ3n) is 5.14. The van der Waals surface area contributed by atoms with Crippen LogP contribution in [0.15, 0.2) is 6.20 Å². The first-order valence-corrected chi connectivity index (χ1v) is 9.21. The van der Waals surface area contributed by atoms with Crippen molar-refractivity contribution in [3.05, 3.63) is 11.1 Å². The van der Waals surface area contributed by atoms with Crippen molar-refractivity contribution in [1.29, 1.82) is 0 Å². The molecule has 2 aliphatic heterocycles. The van der Waals surface area contributed by atoms with Crippen LogP contribution in [0.25, 0.3) is 0 Å². The fourth-order valence-corrected chi connectivity index (χ4v) is 5.03. The number of thiazole rings is 1. The van der Waals surface area contributed by atoms with Crippen molar-refractivity contribution in [1.82, 2.24) is 9.88 Å². The van der Waals surface area contributed by atoms with Gasteiger partial charge in [-0.2, -0.15) is 0 Å². The van der Waals surface area contributed by atoms with Gasteiger partial charge < -0.3 is 9.64 Å². The molecule has 1 aliphatic carbocycles. The van der Waals surface area contributed by atoms with E-state index < -0.39 is 0 Å². The van der Waals surface area contributed by atoms with Gasteiger partial charge in [0.1, 0.15) is 0 Å². The maximum atomic E-state index is 6.12. The summed E-state index contributed by atoms with van der Waals surface area (Å²) in [7, 11) is 0. The smallest absolute Gasteiger partial charge is 0.185 e. The number of ether oxygens (including phenoxy) is 1. The van der Waals surface area contributed by atoms with Crippen LogP contribution < -0.4 is 4.90 Å². The molecule has 0 atom stereocenters. The van der Waals surface area contributed by atoms with Crippen LogP contribution >= 0.6 is 11.3 Å². The first-order valence-electron chi connectivity index (χ1n) is 8.39. The van der Waals surface area contributed by atoms with Gasteiger partial charge in [0.2, 0.25) is 0 Å². The van der Waals surface area contributed by atoms with Crippen LogP contribution in [-0.2, 0) is 11.3 Å². The highest BCUT2D eigenvalue weighted by atomic mass is 32.1. The second kappa shape index (κ2) is 5.86. The molecule has 0 aromatic carbocycles. The van der Waals surface area contributed by atoms with Crippen molar-refractivity contribution in [2.45, 2.75) is 50.7 Å². The average Bonchev–Trinajstić information content (AvgIpc) is 3.20. The van der Waals surface area contributed by atoms with Crippen LogP contribution in [0.5, 0.6) is 0 Å². The summed E-state index contributed by atoms with van der Waals surface area (Å²) in [6.45, 7) is 6.51. The summed E-state index contributed by atoms with van der Waals surface area (Å²) < 4.78 is 6.12. The SMILES string of the molecule is c1nc(N2CCCC2)sc1CN1CCOC2(CCCC2)C1. The molecule has 0 amide bonds. The Morgan fingerprint density at radius 2 is 1.95 bits per heavy atom. The number of hydrogen-bond acceptors (Lipinski definition) is 5. The van der Waals surface area contributed by atoms with Gasteiger partial charge in [-0.25, -0.2) is 4.98 Å². The molecule has 116 valence electrons. The van der Waals surface area contributed by atoms with E-state index in [9.17, 15) is 0 Å². The molecule has 21 heavy (non-hydrogen) atoms. The second-order valence-corrected chi connectivity index (χ2v) is 7.85. The Hall–Kier alpha value is -0.650. The van der Waals surface area contributed by atoms with Crippen molar-refractivity contribution in [3.8, 4) is 0 Å². The van der Waals surface area contributed by atoms with Crippen LogP contribution in [0.2, 0.25) is 0 Å². The number of anilines is 1. The molecule has 0 bridgehead atoms. The summed E-state index contributed by atoms with van der Waals surface area (Å²) in [5, 5.41) is 1.23. The summed E-state index contributed by atoms with van der Waals surface area (Å²) >= 11 is 1.89. The minimum absolute atomic E-state index is 0.181. The molecule has 2 saturated heterocycles. The van der Waals surface area contributed by atoms with E-state index in [0.717, 1.165) is 26.2 Å². The Kier molecular flexibility index (Phi) is 3.90. The third kappa shape index (κ3) is 2.96. The van der Waals surface area contributed by atoms with Crippen molar-refractivity contribution >= 4 is 16.5 Å². The Balaban J connectivity index is 1.39. The molecule has 1 aromatic heterocycles. The monoisotopic (exact) mass is 307 g/mol. The van der Waals surface area contributed by atoms with Crippen LogP contribution in [0, 0.1) is 0 Å². The van der Waals surface area contributed by atoms with E-state index in [4.69, 9.17) is 4.74 Å². The fourth-order valence-electron chi connectivity index (χ4n) is 4.03. The molecule has 3 fully saturated rings. The van der Waals surface area contributed by atoms with E-state index in [2.05, 4.69) is 21.0 Å². The normalized spacial score (nSPS) is 26.0. The number of rotatable bonds is 3. The topological polar surface area (TPSA) is 28.6 Å². The predicted molar refractivity (Wildman–Crippen MR) is 86.0 cm³/mol. The Bertz CT molecular complexity index is 478. The zero-order chi connectivity index (χ0) is 14.1. The highest BCUT2D eigenvalue weighted by Gasteiger charge is 2.39. The second-order valence-electron chi connectivity index (χ2n) is 6.75. The quantitative estimate of drug-likeness (QED) is 0.858. The average molecular weight is 307 g/mol. The predicted octanol–water partition coefficient (Wildman–Crippen LogP) is 2.89. The first kappa shape index (κ1) is 14.0. The van der Waals surface area contributed by atoms with Gasteiger partial charge in [0.05, 0.1) is 12.2 Å². The zero-order valence-corrected chi connectivity index (χ0v) is 13.5. The minimum atomic E-state index is 0.181. The van der Waals surface area contributed by atoms with Crippen LogP contribution in [0.4, 0.5) is 5.13 Å². The lowest BCUT2D eigenvalue weighted by Crippen LogP contribution is -2.49. The molecule has 4 nitrogen and oxygen atoms in total. The van der Waals surface area contributed by atoms with Gasteiger partial charge in [0.25, 0.3) is 0 Å². The van der Waals surface area contributed by atoms with E-state index in [1.54, 1.807) is 0 Å². The molecule has 0 unspecified atom stereocenters. The summed E-state index contributed by atoms with van der Waals surface area (Å²) in [5.74, 6) is 0. The zero-order valence-electron chi connectivity index (χ0n) is 12.7. The van der Waals surface area contributed by atoms with E-state index in [0.29, 0.717) is 0 Å². The summed E-state index contributed by atoms with van der Waals surface area (Å²) in [4.78, 5) is 11.1. The number of hydrogen-bond donors (Lipinski definition) is 0. The summed E-state index contributed by atoms with van der Waals surface area (Å²) in [5.41, 5.74) is 0.181. The van der Waals surface area contributed by atoms with Crippen LogP contribution in [0.1, 0.15) is 43.4 Å². The van der Waals surface area contributed by atoms with Gasteiger partial charge >= 0.3 is 0 Å². The van der Waals surface area contributed by atoms with Gasteiger partial charge in [-0.05, 0) is 25.7 Å². The molecule has 3 aliphatic rings. The van der Waals surface area contributed by atoms with Gasteiger partial charge in [-0.3, -0.25) is 4.90 Å². The molecule has 0 N–H and O–H groups in total. The highest BCUT2D eigenvalue weighted by Crippen LogP contribution is 2.36. The molecule has 0 radical (unpaired) electrons. The number of nitrogens with zero attached hydrogens (tertiary/aromatic N) is 3. The lowest BCUT2D eigenvalue weighted by Gasteiger charge is -2.40. The minimum Gasteiger partial charge on any atom is -0.372 e. The molecule has 5 heteroatoms. The highest BCUT2D eigenvalue weighted by molar-refractivity contribution is 7.15. The maximum absolute atomic E-state index is 6.12. The molecule has 1 saturated carbocycles. The molecule has 1 aromatic rings. The summed E-state index contributed by atoms with van der Waals surface area (Å²) in [6.07, 6.45) is 9.92. The number of morpholine rings is 1. The molecule has 3 heterocycles. The van der Waals surface area contributed by atoms with E-state index >= 15 is 0 Å². The third-order valence-corrected chi connectivity index (χ3v) is 6.18. The van der Waals surface area contributed by atoms with Gasteiger partial charge in [0, 0.05) is 43.8 Å². The van der Waals surface area contributed by atoms with Crippen LogP contribution in [-0.4, -0.2) is 48.3 Å². The first-order chi connectivity index (χ1) is 10.3. The maximum Gasteiger partial charge on any atom is 0.185 e. The van der Waals surface area contributed by atoms with E-state index in [1.165, 1.54) is 61.6 Å². The Morgan fingerprint density at radius 1 is 1.14 bits per heavy atom. The standard InChI is InChI=1S/C16H25N3OS/c1-2-6-16(5-1)13-18(9-10-20-16)12-14-11-17-15(21-14)19-7-3-4-8-19/h11H,1-10,12-13H2. The molecule has 1 spiro atoms. The number of aromatic nitrogens is 1. The fraction of sp³-hybridized carbons (Fsp3) is 0.812. The summed E-state index contributed by atoms with van der Waals surface area (Å²) in [6, 6.07) is 0. The van der Waals surface area contributed by atoms with Gasteiger partial charge in [-0.1, -0.05) is 12.8 Å². The van der Waals surface area contributed by atoms with Crippen molar-refractivity contribution in [2.24, 2.45) is 0 Å². The van der Waals surface area contributed by atoms with Crippen LogP contribution in [0.3, 0.4) is 0 Å². The Morgan fingerprint density at radius 3 is 2.76 bits per heavy atom. The lowest BCUT2D eigenvalue weighted by atomic mass is 10.00. The van der Waals surface area contributed by atoms with E-state index in [1.807, 2.05) is 11.3 Å². The molecule has 4 rings (SSSR count). The van der Waals surface area contributed by atoms with Crippen molar-refractivity contribution < 1.29 is 4.74 Å². The van der Waals surface area contributed by atoms with E-state index in [-0.39, 0.29) is 5.60 Å². The van der Waals surface area contributed by atoms with Crippen molar-refractivity contribution in [3.63, 3.8) is 0 Å².